The number of H-pyrrole nitrogens is 2. The molecule has 2 aliphatic rings. The Kier molecular flexibility index (Phi) is 5.01. The van der Waals surface area contributed by atoms with E-state index in [9.17, 15) is 0 Å². The van der Waals surface area contributed by atoms with Crippen LogP contribution in [-0.4, -0.2) is 26.5 Å². The number of nitrogens with zero attached hydrogens (tertiary/aromatic N) is 2. The fraction of sp³-hybridized carbons (Fsp3) is 0.333. The summed E-state index contributed by atoms with van der Waals surface area (Å²) in [5, 5.41) is 3.49. The van der Waals surface area contributed by atoms with Gasteiger partial charge in [-0.05, 0) is 68.1 Å². The standard InChI is InChI=1S/C27H27N5/c1-2-5-21(4-1)26-30-22-14-11-19(16-24(22)31-26)8-7-18-9-12-20(13-10-18)25-17-29-27(32-25)23-6-3-15-28-23/h9-14,16-17,21,23,28H,1-6,15H2,(H,29,32)(H,30,31). The average Bonchev–Trinajstić information content (AvgIpc) is 3.63. The van der Waals surface area contributed by atoms with Crippen LogP contribution in [0.1, 0.15) is 73.3 Å². The second kappa shape index (κ2) is 8.29. The lowest BCUT2D eigenvalue weighted by atomic mass is 10.1. The first kappa shape index (κ1) is 19.3. The Labute approximate surface area is 188 Å². The number of nitrogens with one attached hydrogen (secondary N) is 3. The van der Waals surface area contributed by atoms with Gasteiger partial charge in [0.1, 0.15) is 11.6 Å². The minimum atomic E-state index is 0.357. The van der Waals surface area contributed by atoms with Crippen molar-refractivity contribution in [1.82, 2.24) is 25.3 Å². The summed E-state index contributed by atoms with van der Waals surface area (Å²) in [5.41, 5.74) is 6.31. The Morgan fingerprint density at radius 1 is 0.812 bits per heavy atom. The average molecular weight is 422 g/mol. The van der Waals surface area contributed by atoms with Crippen LogP contribution in [-0.2, 0) is 0 Å². The van der Waals surface area contributed by atoms with Crippen LogP contribution in [0, 0.1) is 11.8 Å². The maximum atomic E-state index is 4.80. The van der Waals surface area contributed by atoms with E-state index >= 15 is 0 Å². The molecule has 0 bridgehead atoms. The van der Waals surface area contributed by atoms with Crippen LogP contribution in [0.15, 0.2) is 48.7 Å². The number of aromatic nitrogens is 4. The predicted octanol–water partition coefficient (Wildman–Crippen LogP) is 5.43. The minimum absolute atomic E-state index is 0.357. The van der Waals surface area contributed by atoms with Gasteiger partial charge < -0.3 is 15.3 Å². The van der Waals surface area contributed by atoms with Crippen molar-refractivity contribution in [3.8, 4) is 23.1 Å². The Morgan fingerprint density at radius 3 is 2.44 bits per heavy atom. The molecule has 160 valence electrons. The first-order chi connectivity index (χ1) is 15.8. The van der Waals surface area contributed by atoms with E-state index in [1.54, 1.807) is 0 Å². The Hall–Kier alpha value is -3.36. The highest BCUT2D eigenvalue weighted by atomic mass is 15.0. The van der Waals surface area contributed by atoms with Crippen molar-refractivity contribution in [3.63, 3.8) is 0 Å². The number of rotatable bonds is 3. The van der Waals surface area contributed by atoms with E-state index in [1.165, 1.54) is 32.1 Å². The fourth-order valence-corrected chi connectivity index (χ4v) is 4.96. The van der Waals surface area contributed by atoms with Crippen molar-refractivity contribution >= 4 is 11.0 Å². The van der Waals surface area contributed by atoms with Gasteiger partial charge in [0, 0.05) is 17.0 Å². The summed E-state index contributed by atoms with van der Waals surface area (Å²) >= 11 is 0. The van der Waals surface area contributed by atoms with Crippen molar-refractivity contribution in [2.24, 2.45) is 0 Å². The molecule has 1 saturated heterocycles. The lowest BCUT2D eigenvalue weighted by molar-refractivity contribution is 0.613. The third kappa shape index (κ3) is 3.83. The first-order valence-corrected chi connectivity index (χ1v) is 11.7. The summed E-state index contributed by atoms with van der Waals surface area (Å²) in [5.74, 6) is 9.37. The molecule has 0 radical (unpaired) electrons. The summed E-state index contributed by atoms with van der Waals surface area (Å²) in [6.07, 6.45) is 9.42. The van der Waals surface area contributed by atoms with Crippen LogP contribution >= 0.6 is 0 Å². The SMILES string of the molecule is C(#Cc1ccc2nc(C3CCCC3)[nH]c2c1)c1ccc(-c2cnc(C3CCCN3)[nH]2)cc1. The van der Waals surface area contributed by atoms with Crippen LogP contribution in [0.2, 0.25) is 0 Å². The smallest absolute Gasteiger partial charge is 0.123 e. The van der Waals surface area contributed by atoms with Gasteiger partial charge in [-0.1, -0.05) is 36.8 Å². The highest BCUT2D eigenvalue weighted by molar-refractivity contribution is 5.77. The Balaban J connectivity index is 1.18. The highest BCUT2D eigenvalue weighted by Gasteiger charge is 2.20. The normalized spacial score (nSPS) is 18.8. The molecule has 32 heavy (non-hydrogen) atoms. The molecule has 5 nitrogen and oxygen atoms in total. The molecule has 4 aromatic rings. The Morgan fingerprint density at radius 2 is 1.62 bits per heavy atom. The number of hydrogen-bond donors (Lipinski definition) is 3. The molecule has 3 heterocycles. The number of hydrogen-bond acceptors (Lipinski definition) is 3. The number of aromatic amines is 2. The van der Waals surface area contributed by atoms with Gasteiger partial charge in [0.25, 0.3) is 0 Å². The molecule has 1 aliphatic carbocycles. The second-order valence-corrected chi connectivity index (χ2v) is 8.99. The van der Waals surface area contributed by atoms with Crippen molar-refractivity contribution in [2.75, 3.05) is 6.54 Å². The number of imidazole rings is 2. The van der Waals surface area contributed by atoms with E-state index in [4.69, 9.17) is 4.98 Å². The van der Waals surface area contributed by atoms with Crippen LogP contribution in [0.4, 0.5) is 0 Å². The predicted molar refractivity (Wildman–Crippen MR) is 127 cm³/mol. The Bertz CT molecular complexity index is 1290. The summed E-state index contributed by atoms with van der Waals surface area (Å²) in [4.78, 5) is 16.4. The highest BCUT2D eigenvalue weighted by Crippen LogP contribution is 2.33. The molecular formula is C27H27N5. The maximum absolute atomic E-state index is 4.80. The van der Waals surface area contributed by atoms with E-state index in [0.29, 0.717) is 12.0 Å². The van der Waals surface area contributed by atoms with Crippen molar-refractivity contribution in [3.05, 3.63) is 71.4 Å². The maximum Gasteiger partial charge on any atom is 0.123 e. The van der Waals surface area contributed by atoms with Gasteiger partial charge >= 0.3 is 0 Å². The third-order valence-corrected chi connectivity index (χ3v) is 6.78. The number of fused-ring (bicyclic) bond motifs is 1. The van der Waals surface area contributed by atoms with Crippen LogP contribution in [0.25, 0.3) is 22.3 Å². The summed E-state index contributed by atoms with van der Waals surface area (Å²) < 4.78 is 0. The molecular weight excluding hydrogens is 394 g/mol. The van der Waals surface area contributed by atoms with E-state index in [-0.39, 0.29) is 0 Å². The van der Waals surface area contributed by atoms with Crippen LogP contribution in [0.5, 0.6) is 0 Å². The zero-order valence-corrected chi connectivity index (χ0v) is 18.1. The quantitative estimate of drug-likeness (QED) is 0.386. The summed E-state index contributed by atoms with van der Waals surface area (Å²) in [6.45, 7) is 1.07. The second-order valence-electron chi connectivity index (χ2n) is 8.99. The molecule has 1 unspecified atom stereocenters. The van der Waals surface area contributed by atoms with Gasteiger partial charge in [-0.15, -0.1) is 0 Å². The lowest BCUT2D eigenvalue weighted by Crippen LogP contribution is -2.14. The van der Waals surface area contributed by atoms with E-state index in [1.807, 2.05) is 6.20 Å². The summed E-state index contributed by atoms with van der Waals surface area (Å²) in [7, 11) is 0. The van der Waals surface area contributed by atoms with Gasteiger partial charge in [0.05, 0.1) is 29.0 Å². The van der Waals surface area contributed by atoms with Crippen molar-refractivity contribution in [1.29, 1.82) is 0 Å². The zero-order valence-electron chi connectivity index (χ0n) is 18.1. The molecule has 6 rings (SSSR count). The first-order valence-electron chi connectivity index (χ1n) is 11.7. The molecule has 3 N–H and O–H groups in total. The molecule has 2 aromatic carbocycles. The van der Waals surface area contributed by atoms with Gasteiger partial charge in [-0.2, -0.15) is 0 Å². The third-order valence-electron chi connectivity index (χ3n) is 6.78. The zero-order chi connectivity index (χ0) is 21.3. The molecule has 0 amide bonds. The van der Waals surface area contributed by atoms with E-state index in [0.717, 1.165) is 58.0 Å². The van der Waals surface area contributed by atoms with Gasteiger partial charge in [-0.25, -0.2) is 9.97 Å². The monoisotopic (exact) mass is 421 g/mol. The van der Waals surface area contributed by atoms with Gasteiger partial charge in [-0.3, -0.25) is 0 Å². The minimum Gasteiger partial charge on any atom is -0.342 e. The molecule has 1 saturated carbocycles. The van der Waals surface area contributed by atoms with Crippen LogP contribution < -0.4 is 5.32 Å². The van der Waals surface area contributed by atoms with Gasteiger partial charge in [0.2, 0.25) is 0 Å². The van der Waals surface area contributed by atoms with E-state index < -0.39 is 0 Å². The largest absolute Gasteiger partial charge is 0.342 e. The van der Waals surface area contributed by atoms with Crippen molar-refractivity contribution < 1.29 is 0 Å². The summed E-state index contributed by atoms with van der Waals surface area (Å²) in [6, 6.07) is 15.0. The molecule has 2 fully saturated rings. The molecule has 1 aliphatic heterocycles. The van der Waals surface area contributed by atoms with Gasteiger partial charge in [0.15, 0.2) is 0 Å². The molecule has 1 atom stereocenters. The number of benzene rings is 2. The molecule has 0 spiro atoms. The topological polar surface area (TPSA) is 69.4 Å². The fourth-order valence-electron chi connectivity index (χ4n) is 4.96. The molecule has 2 aromatic heterocycles. The lowest BCUT2D eigenvalue weighted by Gasteiger charge is -2.05. The van der Waals surface area contributed by atoms with Crippen molar-refractivity contribution in [2.45, 2.75) is 50.5 Å². The van der Waals surface area contributed by atoms with Crippen LogP contribution in [0.3, 0.4) is 0 Å². The van der Waals surface area contributed by atoms with E-state index in [2.05, 4.69) is 74.6 Å². The molecule has 5 heteroatoms.